The molecule has 2 amide bonds. The third-order valence-corrected chi connectivity index (χ3v) is 3.97. The van der Waals surface area contributed by atoms with Gasteiger partial charge >= 0.3 is 0 Å². The monoisotopic (exact) mass is 339 g/mol. The van der Waals surface area contributed by atoms with E-state index in [2.05, 4.69) is 5.32 Å². The van der Waals surface area contributed by atoms with Crippen LogP contribution >= 0.6 is 12.4 Å². The largest absolute Gasteiger partial charge is 0.344 e. The summed E-state index contributed by atoms with van der Waals surface area (Å²) >= 11 is 0. The lowest BCUT2D eigenvalue weighted by Crippen LogP contribution is -2.41. The summed E-state index contributed by atoms with van der Waals surface area (Å²) in [6, 6.07) is 9.20. The minimum Gasteiger partial charge on any atom is -0.344 e. The first-order valence-corrected chi connectivity index (χ1v) is 8.08. The second-order valence-corrected chi connectivity index (χ2v) is 5.69. The van der Waals surface area contributed by atoms with Gasteiger partial charge in [-0.25, -0.2) is 0 Å². The average Bonchev–Trinajstić information content (AvgIpc) is 2.89. The van der Waals surface area contributed by atoms with E-state index in [1.54, 1.807) is 4.90 Å². The number of halogens is 1. The lowest BCUT2D eigenvalue weighted by molar-refractivity contribution is -0.126. The van der Waals surface area contributed by atoms with Crippen LogP contribution in [0.3, 0.4) is 0 Å². The smallest absolute Gasteiger partial charge is 0.249 e. The number of unbranched alkanes of at least 4 members (excludes halogenated alkanes) is 3. The lowest BCUT2D eigenvalue weighted by atomic mass is 10.1. The molecule has 0 bridgehead atoms. The van der Waals surface area contributed by atoms with Crippen LogP contribution in [0.25, 0.3) is 0 Å². The summed E-state index contributed by atoms with van der Waals surface area (Å²) in [7, 11) is 0. The van der Waals surface area contributed by atoms with Gasteiger partial charge in [0.1, 0.15) is 6.04 Å². The maximum atomic E-state index is 12.4. The molecule has 1 aromatic carbocycles. The lowest BCUT2D eigenvalue weighted by Gasteiger charge is -2.17. The SMILES string of the molecule is Cl.NCCCCCCC(=O)NC1CCN(c2ccccc2)C1=O. The molecule has 0 radical (unpaired) electrons. The predicted octanol–water partition coefficient (Wildman–Crippen LogP) is 2.24. The zero-order valence-corrected chi connectivity index (χ0v) is 14.2. The third-order valence-electron chi connectivity index (χ3n) is 3.97. The molecule has 23 heavy (non-hydrogen) atoms. The van der Waals surface area contributed by atoms with Gasteiger partial charge < -0.3 is 16.0 Å². The van der Waals surface area contributed by atoms with Crippen molar-refractivity contribution in [3.63, 3.8) is 0 Å². The Hall–Kier alpha value is -1.59. The molecule has 0 aliphatic carbocycles. The van der Waals surface area contributed by atoms with E-state index >= 15 is 0 Å². The number of nitrogens with one attached hydrogen (secondary N) is 1. The van der Waals surface area contributed by atoms with Gasteiger partial charge in [0.15, 0.2) is 0 Å². The van der Waals surface area contributed by atoms with Crippen LogP contribution in [-0.2, 0) is 9.59 Å². The minimum absolute atomic E-state index is 0. The number of nitrogens with two attached hydrogens (primary N) is 1. The molecule has 0 saturated carbocycles. The molecule has 1 aliphatic rings. The maximum Gasteiger partial charge on any atom is 0.249 e. The Bertz CT molecular complexity index is 496. The van der Waals surface area contributed by atoms with Gasteiger partial charge in [0.05, 0.1) is 0 Å². The van der Waals surface area contributed by atoms with Crippen molar-refractivity contribution in [2.45, 2.75) is 44.6 Å². The van der Waals surface area contributed by atoms with Gasteiger partial charge in [0.25, 0.3) is 0 Å². The predicted molar refractivity (Wildman–Crippen MR) is 94.7 cm³/mol. The van der Waals surface area contributed by atoms with Crippen LogP contribution in [0.1, 0.15) is 38.5 Å². The van der Waals surface area contributed by atoms with Gasteiger partial charge in [-0.05, 0) is 37.9 Å². The molecule has 1 heterocycles. The van der Waals surface area contributed by atoms with Crippen molar-refractivity contribution in [2.24, 2.45) is 5.73 Å². The number of rotatable bonds is 8. The molecule has 1 unspecified atom stereocenters. The van der Waals surface area contributed by atoms with Crippen molar-refractivity contribution in [1.29, 1.82) is 0 Å². The molecule has 3 N–H and O–H groups in total. The molecule has 1 atom stereocenters. The van der Waals surface area contributed by atoms with Gasteiger partial charge in [-0.15, -0.1) is 12.4 Å². The Morgan fingerprint density at radius 1 is 1.17 bits per heavy atom. The highest BCUT2D eigenvalue weighted by atomic mass is 35.5. The molecule has 0 spiro atoms. The fourth-order valence-corrected chi connectivity index (χ4v) is 2.73. The first kappa shape index (κ1) is 19.5. The zero-order valence-electron chi connectivity index (χ0n) is 13.4. The summed E-state index contributed by atoms with van der Waals surface area (Å²) in [5.74, 6) is -0.0382. The van der Waals surface area contributed by atoms with Crippen LogP contribution in [0.15, 0.2) is 30.3 Å². The Morgan fingerprint density at radius 2 is 1.87 bits per heavy atom. The maximum absolute atomic E-state index is 12.4. The molecule has 128 valence electrons. The number of benzene rings is 1. The van der Waals surface area contributed by atoms with E-state index in [4.69, 9.17) is 5.73 Å². The van der Waals surface area contributed by atoms with Crippen molar-refractivity contribution < 1.29 is 9.59 Å². The zero-order chi connectivity index (χ0) is 15.8. The molecule has 6 heteroatoms. The van der Waals surface area contributed by atoms with E-state index in [0.29, 0.717) is 25.9 Å². The molecular weight excluding hydrogens is 314 g/mol. The van der Waals surface area contributed by atoms with Crippen molar-refractivity contribution in [3.05, 3.63) is 30.3 Å². The van der Waals surface area contributed by atoms with Crippen LogP contribution in [-0.4, -0.2) is 30.9 Å². The van der Waals surface area contributed by atoms with Crippen LogP contribution < -0.4 is 16.0 Å². The number of carbonyl (C=O) groups is 2. The number of anilines is 1. The van der Waals surface area contributed by atoms with E-state index in [1.807, 2.05) is 30.3 Å². The van der Waals surface area contributed by atoms with Crippen molar-refractivity contribution in [1.82, 2.24) is 5.32 Å². The molecule has 1 fully saturated rings. The van der Waals surface area contributed by atoms with Crippen LogP contribution in [0.5, 0.6) is 0 Å². The highest BCUT2D eigenvalue weighted by Gasteiger charge is 2.33. The highest BCUT2D eigenvalue weighted by Crippen LogP contribution is 2.21. The summed E-state index contributed by atoms with van der Waals surface area (Å²) in [6.45, 7) is 1.36. The molecular formula is C17H26ClN3O2. The first-order valence-electron chi connectivity index (χ1n) is 8.08. The van der Waals surface area contributed by atoms with Gasteiger partial charge in [-0.3, -0.25) is 9.59 Å². The van der Waals surface area contributed by atoms with Gasteiger partial charge in [0, 0.05) is 18.7 Å². The van der Waals surface area contributed by atoms with Crippen molar-refractivity contribution in [3.8, 4) is 0 Å². The number of nitrogens with zero attached hydrogens (tertiary/aromatic N) is 1. The fourth-order valence-electron chi connectivity index (χ4n) is 2.73. The molecule has 0 aromatic heterocycles. The summed E-state index contributed by atoms with van der Waals surface area (Å²) in [5, 5.41) is 2.86. The molecule has 1 aromatic rings. The molecule has 1 saturated heterocycles. The Morgan fingerprint density at radius 3 is 2.57 bits per heavy atom. The number of hydrogen-bond donors (Lipinski definition) is 2. The highest BCUT2D eigenvalue weighted by molar-refractivity contribution is 6.01. The van der Waals surface area contributed by atoms with E-state index in [0.717, 1.165) is 31.4 Å². The number of amides is 2. The second kappa shape index (κ2) is 10.2. The summed E-state index contributed by atoms with van der Waals surface area (Å²) in [5.41, 5.74) is 6.33. The normalized spacial score (nSPS) is 17.0. The van der Waals surface area contributed by atoms with Gasteiger partial charge in [-0.1, -0.05) is 31.0 Å². The molecule has 2 rings (SSSR count). The van der Waals surface area contributed by atoms with E-state index in [-0.39, 0.29) is 30.3 Å². The van der Waals surface area contributed by atoms with Crippen molar-refractivity contribution >= 4 is 29.9 Å². The van der Waals surface area contributed by atoms with Crippen LogP contribution in [0.4, 0.5) is 5.69 Å². The average molecular weight is 340 g/mol. The van der Waals surface area contributed by atoms with Crippen LogP contribution in [0, 0.1) is 0 Å². The van der Waals surface area contributed by atoms with E-state index in [1.165, 1.54) is 0 Å². The third kappa shape index (κ3) is 5.84. The number of para-hydroxylation sites is 1. The minimum atomic E-state index is -0.378. The number of hydrogen-bond acceptors (Lipinski definition) is 3. The summed E-state index contributed by atoms with van der Waals surface area (Å²) in [6.07, 6.45) is 5.10. The van der Waals surface area contributed by atoms with E-state index in [9.17, 15) is 9.59 Å². The fraction of sp³-hybridized carbons (Fsp3) is 0.529. The van der Waals surface area contributed by atoms with Gasteiger partial charge in [-0.2, -0.15) is 0 Å². The quantitative estimate of drug-likeness (QED) is 0.713. The molecule has 5 nitrogen and oxygen atoms in total. The second-order valence-electron chi connectivity index (χ2n) is 5.69. The Balaban J connectivity index is 0.00000264. The topological polar surface area (TPSA) is 75.4 Å². The van der Waals surface area contributed by atoms with Crippen molar-refractivity contribution in [2.75, 3.05) is 18.0 Å². The Labute approximate surface area is 144 Å². The summed E-state index contributed by atoms with van der Waals surface area (Å²) in [4.78, 5) is 26.0. The Kier molecular flexibility index (Phi) is 8.66. The first-order chi connectivity index (χ1) is 10.7. The van der Waals surface area contributed by atoms with Crippen LogP contribution in [0.2, 0.25) is 0 Å². The number of carbonyl (C=O) groups excluding carboxylic acids is 2. The van der Waals surface area contributed by atoms with E-state index < -0.39 is 0 Å². The summed E-state index contributed by atoms with van der Waals surface area (Å²) < 4.78 is 0. The van der Waals surface area contributed by atoms with Gasteiger partial charge in [0.2, 0.25) is 11.8 Å². The molecule has 1 aliphatic heterocycles. The standard InChI is InChI=1S/C17H25N3O2.ClH/c18-12-7-2-1-6-10-16(21)19-15-11-13-20(17(15)22)14-8-4-3-5-9-14;/h3-5,8-9,15H,1-2,6-7,10-13,18H2,(H,19,21);1H.